The van der Waals surface area contributed by atoms with Crippen LogP contribution in [0.2, 0.25) is 0 Å². The van der Waals surface area contributed by atoms with Crippen LogP contribution in [0.1, 0.15) is 11.1 Å². The zero-order valence-corrected chi connectivity index (χ0v) is 12.3. The molecule has 0 amide bonds. The molecular formula is C15H16BrFN2. The van der Waals surface area contributed by atoms with Gasteiger partial charge in [-0.15, -0.1) is 0 Å². The number of nitrogens with zero attached hydrogens (tertiary/aromatic N) is 1. The molecule has 2 aromatic rings. The Balaban J connectivity index is 2.10. The lowest BCUT2D eigenvalue weighted by molar-refractivity contribution is 0.313. The third-order valence-electron chi connectivity index (χ3n) is 2.98. The van der Waals surface area contributed by atoms with E-state index >= 15 is 0 Å². The summed E-state index contributed by atoms with van der Waals surface area (Å²) in [5.41, 5.74) is 8.04. The van der Waals surface area contributed by atoms with Gasteiger partial charge < -0.3 is 5.73 Å². The van der Waals surface area contributed by atoms with Crippen molar-refractivity contribution in [3.05, 3.63) is 63.9 Å². The lowest BCUT2D eigenvalue weighted by Gasteiger charge is -2.19. The highest BCUT2D eigenvalue weighted by Crippen LogP contribution is 2.21. The molecule has 19 heavy (non-hydrogen) atoms. The number of rotatable bonds is 4. The van der Waals surface area contributed by atoms with Gasteiger partial charge in [-0.1, -0.05) is 40.2 Å². The van der Waals surface area contributed by atoms with Crippen LogP contribution >= 0.6 is 15.9 Å². The van der Waals surface area contributed by atoms with Crippen LogP contribution in [0.3, 0.4) is 0 Å². The molecule has 2 N–H and O–H groups in total. The summed E-state index contributed by atoms with van der Waals surface area (Å²) >= 11 is 3.51. The molecule has 4 heteroatoms. The second-order valence-corrected chi connectivity index (χ2v) is 5.43. The van der Waals surface area contributed by atoms with Crippen molar-refractivity contribution in [2.75, 3.05) is 12.8 Å². The molecule has 0 unspecified atom stereocenters. The maximum atomic E-state index is 13.7. The van der Waals surface area contributed by atoms with Crippen LogP contribution in [0.15, 0.2) is 46.9 Å². The maximum Gasteiger partial charge on any atom is 0.129 e. The number of hydrogen-bond acceptors (Lipinski definition) is 2. The Morgan fingerprint density at radius 3 is 2.53 bits per heavy atom. The Hall–Kier alpha value is -1.39. The molecule has 0 heterocycles. The summed E-state index contributed by atoms with van der Waals surface area (Å²) in [5, 5.41) is 0. The Kier molecular flexibility index (Phi) is 4.56. The first-order chi connectivity index (χ1) is 9.08. The van der Waals surface area contributed by atoms with Gasteiger partial charge in [-0.05, 0) is 30.8 Å². The van der Waals surface area contributed by atoms with Gasteiger partial charge in [0.1, 0.15) is 5.82 Å². The first kappa shape index (κ1) is 14.0. The molecule has 0 radical (unpaired) electrons. The highest BCUT2D eigenvalue weighted by molar-refractivity contribution is 9.10. The fraction of sp³-hybridized carbons (Fsp3) is 0.200. The molecule has 100 valence electrons. The van der Waals surface area contributed by atoms with E-state index < -0.39 is 0 Å². The van der Waals surface area contributed by atoms with Crippen LogP contribution in [0.5, 0.6) is 0 Å². The van der Waals surface area contributed by atoms with E-state index in [1.165, 1.54) is 11.6 Å². The number of nitrogen functional groups attached to an aromatic ring is 1. The van der Waals surface area contributed by atoms with Crippen molar-refractivity contribution in [2.24, 2.45) is 0 Å². The minimum Gasteiger partial charge on any atom is -0.398 e. The average molecular weight is 323 g/mol. The van der Waals surface area contributed by atoms with E-state index in [2.05, 4.69) is 15.9 Å². The smallest absolute Gasteiger partial charge is 0.129 e. The summed E-state index contributed by atoms with van der Waals surface area (Å²) in [5.74, 6) is -0.251. The van der Waals surface area contributed by atoms with Crippen LogP contribution < -0.4 is 5.73 Å². The maximum absolute atomic E-state index is 13.7. The zero-order chi connectivity index (χ0) is 13.8. The number of nitrogens with two attached hydrogens (primary N) is 1. The Morgan fingerprint density at radius 2 is 1.84 bits per heavy atom. The van der Waals surface area contributed by atoms with E-state index in [-0.39, 0.29) is 5.82 Å². The van der Waals surface area contributed by atoms with Crippen LogP contribution in [0, 0.1) is 5.82 Å². The van der Waals surface area contributed by atoms with Gasteiger partial charge in [0.2, 0.25) is 0 Å². The molecule has 0 atom stereocenters. The molecule has 0 aliphatic rings. The van der Waals surface area contributed by atoms with Gasteiger partial charge in [0.25, 0.3) is 0 Å². The van der Waals surface area contributed by atoms with Gasteiger partial charge in [-0.25, -0.2) is 4.39 Å². The quantitative estimate of drug-likeness (QED) is 0.867. The fourth-order valence-corrected chi connectivity index (χ4v) is 2.40. The van der Waals surface area contributed by atoms with Gasteiger partial charge in [0, 0.05) is 28.8 Å². The van der Waals surface area contributed by atoms with E-state index in [0.717, 1.165) is 11.0 Å². The number of benzene rings is 2. The second kappa shape index (κ2) is 6.17. The molecule has 0 aliphatic heterocycles. The van der Waals surface area contributed by atoms with E-state index in [1.807, 2.05) is 36.2 Å². The molecule has 0 bridgehead atoms. The minimum absolute atomic E-state index is 0.251. The van der Waals surface area contributed by atoms with Crippen LogP contribution in [-0.2, 0) is 13.1 Å². The topological polar surface area (TPSA) is 29.3 Å². The molecule has 0 saturated heterocycles. The average Bonchev–Trinajstić information content (AvgIpc) is 2.37. The highest BCUT2D eigenvalue weighted by Gasteiger charge is 2.10. The summed E-state index contributed by atoms with van der Waals surface area (Å²) in [4.78, 5) is 2.04. The van der Waals surface area contributed by atoms with Gasteiger partial charge in [-0.2, -0.15) is 0 Å². The largest absolute Gasteiger partial charge is 0.398 e. The van der Waals surface area contributed by atoms with Crippen molar-refractivity contribution in [1.29, 1.82) is 0 Å². The predicted octanol–water partition coefficient (Wildman–Crippen LogP) is 3.80. The lowest BCUT2D eigenvalue weighted by Crippen LogP contribution is -2.19. The third-order valence-corrected chi connectivity index (χ3v) is 3.75. The zero-order valence-electron chi connectivity index (χ0n) is 10.7. The van der Waals surface area contributed by atoms with E-state index in [0.29, 0.717) is 17.8 Å². The Morgan fingerprint density at radius 1 is 1.11 bits per heavy atom. The van der Waals surface area contributed by atoms with Crippen LogP contribution in [0.25, 0.3) is 0 Å². The first-order valence-corrected chi connectivity index (χ1v) is 6.82. The van der Waals surface area contributed by atoms with Crippen molar-refractivity contribution in [2.45, 2.75) is 13.1 Å². The van der Waals surface area contributed by atoms with Crippen molar-refractivity contribution >= 4 is 21.6 Å². The number of hydrogen-bond donors (Lipinski definition) is 1. The molecule has 2 rings (SSSR count). The number of anilines is 1. The van der Waals surface area contributed by atoms with Gasteiger partial charge >= 0.3 is 0 Å². The summed E-state index contributed by atoms with van der Waals surface area (Å²) in [6.07, 6.45) is 0. The van der Waals surface area contributed by atoms with Gasteiger partial charge in [-0.3, -0.25) is 4.90 Å². The first-order valence-electron chi connectivity index (χ1n) is 6.02. The molecule has 0 spiro atoms. The second-order valence-electron chi connectivity index (χ2n) is 4.57. The Labute approximate surface area is 121 Å². The lowest BCUT2D eigenvalue weighted by atomic mass is 10.1. The summed E-state index contributed by atoms with van der Waals surface area (Å²) < 4.78 is 14.8. The van der Waals surface area contributed by atoms with Crippen molar-refractivity contribution in [3.63, 3.8) is 0 Å². The molecule has 2 nitrogen and oxygen atoms in total. The van der Waals surface area contributed by atoms with E-state index in [4.69, 9.17) is 5.73 Å². The van der Waals surface area contributed by atoms with Crippen LogP contribution in [0.4, 0.5) is 10.1 Å². The van der Waals surface area contributed by atoms with Crippen molar-refractivity contribution in [1.82, 2.24) is 4.90 Å². The molecule has 0 aromatic heterocycles. The SMILES string of the molecule is CN(Cc1ccccc1Br)Cc1c(N)cccc1F. The summed E-state index contributed by atoms with van der Waals surface area (Å²) in [6, 6.07) is 12.8. The van der Waals surface area contributed by atoms with Gasteiger partial charge in [0.05, 0.1) is 0 Å². The Bertz CT molecular complexity index is 552. The summed E-state index contributed by atoms with van der Waals surface area (Å²) in [7, 11) is 1.95. The molecule has 0 fully saturated rings. The normalized spacial score (nSPS) is 10.9. The van der Waals surface area contributed by atoms with Crippen molar-refractivity contribution < 1.29 is 4.39 Å². The molecular weight excluding hydrogens is 307 g/mol. The molecule has 2 aromatic carbocycles. The van der Waals surface area contributed by atoms with Crippen LogP contribution in [-0.4, -0.2) is 11.9 Å². The predicted molar refractivity (Wildman–Crippen MR) is 80.1 cm³/mol. The minimum atomic E-state index is -0.251. The van der Waals surface area contributed by atoms with Crippen molar-refractivity contribution in [3.8, 4) is 0 Å². The standard InChI is InChI=1S/C15H16BrFN2/c1-19(9-11-5-2-3-6-13(11)16)10-12-14(17)7-4-8-15(12)18/h2-8H,9-10,18H2,1H3. The molecule has 0 saturated carbocycles. The fourth-order valence-electron chi connectivity index (χ4n) is 1.99. The number of halogens is 2. The monoisotopic (exact) mass is 322 g/mol. The van der Waals surface area contributed by atoms with E-state index in [9.17, 15) is 4.39 Å². The summed E-state index contributed by atoms with van der Waals surface area (Å²) in [6.45, 7) is 1.22. The van der Waals surface area contributed by atoms with E-state index in [1.54, 1.807) is 12.1 Å². The third kappa shape index (κ3) is 3.55. The highest BCUT2D eigenvalue weighted by atomic mass is 79.9. The van der Waals surface area contributed by atoms with Gasteiger partial charge in [0.15, 0.2) is 0 Å². The molecule has 0 aliphatic carbocycles.